The van der Waals surface area contributed by atoms with Gasteiger partial charge in [0.25, 0.3) is 0 Å². The van der Waals surface area contributed by atoms with Crippen molar-refractivity contribution >= 4 is 5.97 Å². The lowest BCUT2D eigenvalue weighted by Gasteiger charge is -2.01. The Bertz CT molecular complexity index is 516. The Morgan fingerprint density at radius 3 is 2.00 bits per heavy atom. The van der Waals surface area contributed by atoms with Crippen molar-refractivity contribution in [2.24, 2.45) is 11.5 Å². The molecule has 0 aromatic heterocycles. The van der Waals surface area contributed by atoms with E-state index in [4.69, 9.17) is 11.5 Å². The van der Waals surface area contributed by atoms with Crippen LogP contribution in [0, 0.1) is 23.7 Å². The zero-order valence-electron chi connectivity index (χ0n) is 10.1. The molecular weight excluding hydrogens is 228 g/mol. The molecule has 0 saturated heterocycles. The second kappa shape index (κ2) is 7.13. The first-order valence-corrected chi connectivity index (χ1v) is 5.32. The van der Waals surface area contributed by atoms with Crippen LogP contribution in [0.4, 0.5) is 0 Å². The second-order valence-electron chi connectivity index (χ2n) is 3.30. The summed E-state index contributed by atoms with van der Waals surface area (Å²) in [6.07, 6.45) is 0. The van der Waals surface area contributed by atoms with Gasteiger partial charge >= 0.3 is 5.97 Å². The Morgan fingerprint density at radius 1 is 1.11 bits per heavy atom. The molecule has 1 aromatic carbocycles. The maximum absolute atomic E-state index is 11.5. The molecule has 1 rings (SSSR count). The summed E-state index contributed by atoms with van der Waals surface area (Å²) >= 11 is 0. The summed E-state index contributed by atoms with van der Waals surface area (Å²) in [6, 6.07) is 5.06. The molecule has 0 saturated carbocycles. The highest BCUT2D eigenvalue weighted by Crippen LogP contribution is 2.10. The van der Waals surface area contributed by atoms with E-state index in [9.17, 15) is 4.79 Å². The fourth-order valence-electron chi connectivity index (χ4n) is 1.31. The monoisotopic (exact) mass is 242 g/mol. The highest BCUT2D eigenvalue weighted by Gasteiger charge is 2.07. The number of methoxy groups -OCH3 is 1. The number of benzene rings is 1. The number of carbonyl (C=O) groups is 1. The fourth-order valence-corrected chi connectivity index (χ4v) is 1.31. The number of nitrogens with two attached hydrogens (primary N) is 2. The minimum atomic E-state index is -0.429. The standard InChI is InChI=1S/C14H14N2O2/c1-18-14(17)13-9-11(4-2-6-15)8-12(10-13)5-3-7-16/h8-10H,6-7,15-16H2,1H3. The molecule has 4 nitrogen and oxygen atoms in total. The molecule has 4 N–H and O–H groups in total. The van der Waals surface area contributed by atoms with Crippen LogP contribution in [0.3, 0.4) is 0 Å². The van der Waals surface area contributed by atoms with Gasteiger partial charge in [-0.2, -0.15) is 0 Å². The lowest BCUT2D eigenvalue weighted by atomic mass is 10.1. The van der Waals surface area contributed by atoms with Crippen LogP contribution in [0.15, 0.2) is 18.2 Å². The Labute approximate surface area is 106 Å². The van der Waals surface area contributed by atoms with Crippen LogP contribution in [-0.2, 0) is 4.74 Å². The molecule has 18 heavy (non-hydrogen) atoms. The zero-order chi connectivity index (χ0) is 13.4. The van der Waals surface area contributed by atoms with Crippen LogP contribution in [0.25, 0.3) is 0 Å². The topological polar surface area (TPSA) is 78.3 Å². The average molecular weight is 242 g/mol. The van der Waals surface area contributed by atoms with Gasteiger partial charge in [-0.15, -0.1) is 0 Å². The minimum absolute atomic E-state index is 0.256. The molecule has 92 valence electrons. The molecule has 0 heterocycles. The smallest absolute Gasteiger partial charge is 0.337 e. The van der Waals surface area contributed by atoms with Crippen LogP contribution < -0.4 is 11.5 Å². The molecule has 0 radical (unpaired) electrons. The molecule has 0 aliphatic rings. The minimum Gasteiger partial charge on any atom is -0.465 e. The van der Waals surface area contributed by atoms with Gasteiger partial charge in [0.1, 0.15) is 0 Å². The number of hydrogen-bond donors (Lipinski definition) is 2. The molecule has 0 atom stereocenters. The number of esters is 1. The third-order valence-corrected chi connectivity index (χ3v) is 2.02. The van der Waals surface area contributed by atoms with Gasteiger partial charge < -0.3 is 16.2 Å². The molecule has 0 spiro atoms. The van der Waals surface area contributed by atoms with E-state index in [1.54, 1.807) is 18.2 Å². The number of rotatable bonds is 1. The SMILES string of the molecule is COC(=O)c1cc(C#CCN)cc(C#CCN)c1. The van der Waals surface area contributed by atoms with Crippen molar-refractivity contribution in [2.75, 3.05) is 20.2 Å². The summed E-state index contributed by atoms with van der Waals surface area (Å²) < 4.78 is 4.67. The maximum Gasteiger partial charge on any atom is 0.337 e. The van der Waals surface area contributed by atoms with Crippen molar-refractivity contribution in [2.45, 2.75) is 0 Å². The van der Waals surface area contributed by atoms with Gasteiger partial charge in [-0.25, -0.2) is 4.79 Å². The van der Waals surface area contributed by atoms with Crippen LogP contribution in [0.5, 0.6) is 0 Å². The van der Waals surface area contributed by atoms with Gasteiger partial charge in [-0.1, -0.05) is 23.7 Å². The van der Waals surface area contributed by atoms with Crippen LogP contribution >= 0.6 is 0 Å². The Balaban J connectivity index is 3.23. The van der Waals surface area contributed by atoms with E-state index in [2.05, 4.69) is 28.4 Å². The third kappa shape index (κ3) is 3.95. The van der Waals surface area contributed by atoms with E-state index >= 15 is 0 Å². The summed E-state index contributed by atoms with van der Waals surface area (Å²) in [5.74, 6) is 10.7. The summed E-state index contributed by atoms with van der Waals surface area (Å²) in [4.78, 5) is 11.5. The van der Waals surface area contributed by atoms with Crippen molar-refractivity contribution < 1.29 is 9.53 Å². The summed E-state index contributed by atoms with van der Waals surface area (Å²) in [5, 5.41) is 0. The highest BCUT2D eigenvalue weighted by atomic mass is 16.5. The van der Waals surface area contributed by atoms with Gasteiger partial charge in [0.15, 0.2) is 0 Å². The average Bonchev–Trinajstić information content (AvgIpc) is 2.41. The molecule has 0 bridgehead atoms. The van der Waals surface area contributed by atoms with Gasteiger partial charge in [-0.05, 0) is 18.2 Å². The second-order valence-corrected chi connectivity index (χ2v) is 3.30. The van der Waals surface area contributed by atoms with Gasteiger partial charge in [-0.3, -0.25) is 0 Å². The quantitative estimate of drug-likeness (QED) is 0.540. The lowest BCUT2D eigenvalue weighted by Crippen LogP contribution is -2.02. The summed E-state index contributed by atoms with van der Waals surface area (Å²) in [6.45, 7) is 0.512. The number of hydrogen-bond acceptors (Lipinski definition) is 4. The molecule has 0 amide bonds. The molecule has 0 unspecified atom stereocenters. The van der Waals surface area contributed by atoms with Gasteiger partial charge in [0.05, 0.1) is 25.8 Å². The normalized spacial score (nSPS) is 8.61. The van der Waals surface area contributed by atoms with E-state index < -0.39 is 5.97 Å². The Kier molecular flexibility index (Phi) is 5.47. The van der Waals surface area contributed by atoms with E-state index in [-0.39, 0.29) is 13.1 Å². The molecule has 4 heteroatoms. The molecular formula is C14H14N2O2. The lowest BCUT2D eigenvalue weighted by molar-refractivity contribution is 0.0600. The van der Waals surface area contributed by atoms with Crippen molar-refractivity contribution in [3.8, 4) is 23.7 Å². The van der Waals surface area contributed by atoms with Crippen molar-refractivity contribution in [1.82, 2.24) is 0 Å². The third-order valence-electron chi connectivity index (χ3n) is 2.02. The Morgan fingerprint density at radius 2 is 1.61 bits per heavy atom. The van der Waals surface area contributed by atoms with E-state index in [1.807, 2.05) is 0 Å². The highest BCUT2D eigenvalue weighted by molar-refractivity contribution is 5.90. The van der Waals surface area contributed by atoms with Gasteiger partial charge in [0, 0.05) is 11.1 Å². The van der Waals surface area contributed by atoms with Crippen LogP contribution in [-0.4, -0.2) is 26.2 Å². The fraction of sp³-hybridized carbons (Fsp3) is 0.214. The van der Waals surface area contributed by atoms with Crippen molar-refractivity contribution in [3.63, 3.8) is 0 Å². The van der Waals surface area contributed by atoms with E-state index in [1.165, 1.54) is 7.11 Å². The largest absolute Gasteiger partial charge is 0.465 e. The first kappa shape index (κ1) is 13.8. The van der Waals surface area contributed by atoms with Gasteiger partial charge in [0.2, 0.25) is 0 Å². The molecule has 0 aliphatic heterocycles. The van der Waals surface area contributed by atoms with E-state index in [0.29, 0.717) is 16.7 Å². The Hall–Kier alpha value is -2.27. The van der Waals surface area contributed by atoms with E-state index in [0.717, 1.165) is 0 Å². The maximum atomic E-state index is 11.5. The summed E-state index contributed by atoms with van der Waals surface area (Å²) in [7, 11) is 1.33. The predicted molar refractivity (Wildman–Crippen MR) is 69.6 cm³/mol. The zero-order valence-corrected chi connectivity index (χ0v) is 10.1. The summed E-state index contributed by atoms with van der Waals surface area (Å²) in [5.41, 5.74) is 12.4. The molecule has 0 fully saturated rings. The molecule has 0 aliphatic carbocycles. The van der Waals surface area contributed by atoms with Crippen molar-refractivity contribution in [1.29, 1.82) is 0 Å². The van der Waals surface area contributed by atoms with Crippen molar-refractivity contribution in [3.05, 3.63) is 34.9 Å². The first-order valence-electron chi connectivity index (χ1n) is 5.32. The predicted octanol–water partition coefficient (Wildman–Crippen LogP) is 0.0936. The van der Waals surface area contributed by atoms with Crippen LogP contribution in [0.1, 0.15) is 21.5 Å². The molecule has 1 aromatic rings. The number of ether oxygens (including phenoxy) is 1. The number of carbonyl (C=O) groups excluding carboxylic acids is 1. The first-order chi connectivity index (χ1) is 8.71. The van der Waals surface area contributed by atoms with Crippen LogP contribution in [0.2, 0.25) is 0 Å².